The number of sulfonamides is 1. The van der Waals surface area contributed by atoms with Crippen LogP contribution in [0.1, 0.15) is 18.1 Å². The molecule has 0 aromatic heterocycles. The highest BCUT2D eigenvalue weighted by Gasteiger charge is 2.33. The number of halogens is 1. The Morgan fingerprint density at radius 1 is 1.00 bits per heavy atom. The van der Waals surface area contributed by atoms with Crippen molar-refractivity contribution in [3.05, 3.63) is 83.7 Å². The fourth-order valence-corrected chi connectivity index (χ4v) is 5.64. The molecule has 206 valence electrons. The van der Waals surface area contributed by atoms with Crippen LogP contribution in [0.2, 0.25) is 0 Å². The number of aryl methyl sites for hydroxylation is 1. The first-order valence-corrected chi connectivity index (χ1v) is 13.8. The molecule has 9 nitrogen and oxygen atoms in total. The number of hydrogen-bond donors (Lipinski definition) is 1. The number of anilines is 1. The zero-order valence-corrected chi connectivity index (χ0v) is 22.7. The Kier molecular flexibility index (Phi) is 8.39. The van der Waals surface area contributed by atoms with Gasteiger partial charge in [0.25, 0.3) is 10.0 Å². The Morgan fingerprint density at radius 2 is 1.67 bits per heavy atom. The van der Waals surface area contributed by atoms with E-state index in [4.69, 9.17) is 9.47 Å². The number of carbonyl (C=O) groups is 2. The minimum atomic E-state index is -4.33. The second-order valence-electron chi connectivity index (χ2n) is 9.03. The van der Waals surface area contributed by atoms with Crippen molar-refractivity contribution >= 4 is 27.5 Å². The molecule has 1 N–H and O–H groups in total. The summed E-state index contributed by atoms with van der Waals surface area (Å²) in [7, 11) is -2.87. The van der Waals surface area contributed by atoms with Gasteiger partial charge in [0.2, 0.25) is 11.8 Å². The summed E-state index contributed by atoms with van der Waals surface area (Å²) in [4.78, 5) is 27.6. The SMILES string of the molecule is CNC(=O)[C@@H](C)N(Cc1ccccc1C)C(=O)CN(c1ccc(F)cc1)S(=O)(=O)c1ccc2c(c1)OCCO2. The van der Waals surface area contributed by atoms with Crippen LogP contribution in [0.5, 0.6) is 11.5 Å². The average molecular weight is 556 g/mol. The van der Waals surface area contributed by atoms with E-state index >= 15 is 0 Å². The zero-order valence-electron chi connectivity index (χ0n) is 21.9. The van der Waals surface area contributed by atoms with Gasteiger partial charge in [-0.3, -0.25) is 13.9 Å². The van der Waals surface area contributed by atoms with E-state index in [0.29, 0.717) is 12.4 Å². The number of amides is 2. The van der Waals surface area contributed by atoms with E-state index in [1.54, 1.807) is 6.92 Å². The molecule has 1 aliphatic heterocycles. The monoisotopic (exact) mass is 555 g/mol. The van der Waals surface area contributed by atoms with Gasteiger partial charge in [0, 0.05) is 19.7 Å². The van der Waals surface area contributed by atoms with Crippen LogP contribution in [-0.2, 0) is 26.2 Å². The Bertz CT molecular complexity index is 1460. The summed E-state index contributed by atoms with van der Waals surface area (Å²) in [5.41, 5.74) is 1.81. The van der Waals surface area contributed by atoms with Gasteiger partial charge in [0.15, 0.2) is 11.5 Å². The quantitative estimate of drug-likeness (QED) is 0.435. The fourth-order valence-electron chi connectivity index (χ4n) is 4.21. The topological polar surface area (TPSA) is 105 Å². The maximum atomic E-state index is 13.9. The van der Waals surface area contributed by atoms with Gasteiger partial charge >= 0.3 is 0 Å². The molecule has 1 heterocycles. The highest BCUT2D eigenvalue weighted by atomic mass is 32.2. The minimum absolute atomic E-state index is 0.0847. The van der Waals surface area contributed by atoms with Gasteiger partial charge in [0.05, 0.1) is 10.6 Å². The Hall–Kier alpha value is -4.12. The van der Waals surface area contributed by atoms with Crippen molar-refractivity contribution in [1.29, 1.82) is 0 Å². The predicted molar refractivity (Wildman–Crippen MR) is 144 cm³/mol. The number of likely N-dealkylation sites (N-methyl/N-ethyl adjacent to an activating group) is 1. The molecule has 0 radical (unpaired) electrons. The number of carbonyl (C=O) groups excluding carboxylic acids is 2. The molecule has 11 heteroatoms. The van der Waals surface area contributed by atoms with Crippen LogP contribution in [0.15, 0.2) is 71.6 Å². The Labute approximate surface area is 227 Å². The van der Waals surface area contributed by atoms with E-state index in [9.17, 15) is 22.4 Å². The van der Waals surface area contributed by atoms with Crippen molar-refractivity contribution in [1.82, 2.24) is 10.2 Å². The van der Waals surface area contributed by atoms with Crippen LogP contribution in [0.25, 0.3) is 0 Å². The maximum Gasteiger partial charge on any atom is 0.264 e. The number of nitrogens with zero attached hydrogens (tertiary/aromatic N) is 2. The summed E-state index contributed by atoms with van der Waals surface area (Å²) in [6.07, 6.45) is 0. The van der Waals surface area contributed by atoms with E-state index in [0.717, 1.165) is 27.6 Å². The molecule has 0 bridgehead atoms. The molecule has 3 aromatic carbocycles. The van der Waals surface area contributed by atoms with Crippen molar-refractivity contribution in [2.45, 2.75) is 31.3 Å². The third kappa shape index (κ3) is 6.14. The van der Waals surface area contributed by atoms with Crippen molar-refractivity contribution in [3.8, 4) is 11.5 Å². The van der Waals surface area contributed by atoms with E-state index in [2.05, 4.69) is 5.32 Å². The molecule has 1 atom stereocenters. The van der Waals surface area contributed by atoms with Crippen LogP contribution < -0.4 is 19.1 Å². The number of hydrogen-bond acceptors (Lipinski definition) is 6. The number of nitrogens with one attached hydrogen (secondary N) is 1. The second-order valence-corrected chi connectivity index (χ2v) is 10.9. The van der Waals surface area contributed by atoms with E-state index in [-0.39, 0.29) is 29.5 Å². The first-order chi connectivity index (χ1) is 18.6. The van der Waals surface area contributed by atoms with Crippen LogP contribution in [0.3, 0.4) is 0 Å². The Morgan fingerprint density at radius 3 is 2.33 bits per heavy atom. The molecule has 0 aliphatic carbocycles. The molecule has 0 fully saturated rings. The molecule has 0 spiro atoms. The normalized spacial score (nSPS) is 13.3. The summed E-state index contributed by atoms with van der Waals surface area (Å²) in [6, 6.07) is 15.5. The van der Waals surface area contributed by atoms with Crippen LogP contribution in [0, 0.1) is 12.7 Å². The smallest absolute Gasteiger partial charge is 0.264 e. The van der Waals surface area contributed by atoms with Gasteiger partial charge in [0.1, 0.15) is 31.6 Å². The fraction of sp³-hybridized carbons (Fsp3) is 0.286. The molecule has 1 aliphatic rings. The summed E-state index contributed by atoms with van der Waals surface area (Å²) in [6.45, 7) is 3.53. The van der Waals surface area contributed by atoms with Crippen molar-refractivity contribution in [3.63, 3.8) is 0 Å². The third-order valence-electron chi connectivity index (χ3n) is 6.51. The van der Waals surface area contributed by atoms with Crippen LogP contribution in [0.4, 0.5) is 10.1 Å². The average Bonchev–Trinajstić information content (AvgIpc) is 2.94. The zero-order chi connectivity index (χ0) is 28.2. The summed E-state index contributed by atoms with van der Waals surface area (Å²) >= 11 is 0. The molecule has 3 aromatic rings. The van der Waals surface area contributed by atoms with Gasteiger partial charge in [-0.2, -0.15) is 0 Å². The molecular formula is C28H30FN3O6S. The van der Waals surface area contributed by atoms with Crippen LogP contribution in [-0.4, -0.2) is 58.0 Å². The summed E-state index contributed by atoms with van der Waals surface area (Å²) in [5.74, 6) is -0.897. The number of ether oxygens (including phenoxy) is 2. The maximum absolute atomic E-state index is 13.9. The Balaban J connectivity index is 1.73. The number of benzene rings is 3. The number of rotatable bonds is 9. The van der Waals surface area contributed by atoms with Crippen molar-refractivity contribution in [2.75, 3.05) is 31.1 Å². The van der Waals surface area contributed by atoms with Gasteiger partial charge in [-0.1, -0.05) is 24.3 Å². The first-order valence-electron chi connectivity index (χ1n) is 12.4. The highest BCUT2D eigenvalue weighted by molar-refractivity contribution is 7.92. The van der Waals surface area contributed by atoms with E-state index in [1.165, 1.54) is 42.3 Å². The minimum Gasteiger partial charge on any atom is -0.486 e. The van der Waals surface area contributed by atoms with E-state index in [1.807, 2.05) is 31.2 Å². The standard InChI is InChI=1S/C28H30FN3O6S/c1-19-6-4-5-7-21(19)17-31(20(2)28(34)30-3)27(33)18-32(23-10-8-22(29)9-11-23)39(35,36)24-12-13-25-26(16-24)38-15-14-37-25/h4-13,16,20H,14-15,17-18H2,1-3H3,(H,30,34)/t20-/m1/s1. The largest absolute Gasteiger partial charge is 0.486 e. The van der Waals surface area contributed by atoms with E-state index < -0.39 is 40.2 Å². The van der Waals surface area contributed by atoms with Gasteiger partial charge < -0.3 is 19.7 Å². The van der Waals surface area contributed by atoms with Gasteiger partial charge in [-0.25, -0.2) is 12.8 Å². The van der Waals surface area contributed by atoms with Gasteiger partial charge in [-0.15, -0.1) is 0 Å². The van der Waals surface area contributed by atoms with Crippen molar-refractivity contribution < 1.29 is 31.9 Å². The summed E-state index contributed by atoms with van der Waals surface area (Å²) < 4.78 is 53.5. The lowest BCUT2D eigenvalue weighted by Crippen LogP contribution is -2.50. The van der Waals surface area contributed by atoms with Gasteiger partial charge in [-0.05, 0) is 61.4 Å². The molecule has 2 amide bonds. The summed E-state index contributed by atoms with van der Waals surface area (Å²) in [5, 5.41) is 2.54. The second kappa shape index (κ2) is 11.7. The highest BCUT2D eigenvalue weighted by Crippen LogP contribution is 2.34. The lowest BCUT2D eigenvalue weighted by Gasteiger charge is -2.32. The lowest BCUT2D eigenvalue weighted by atomic mass is 10.1. The molecule has 0 saturated heterocycles. The predicted octanol–water partition coefficient (Wildman–Crippen LogP) is 3.26. The molecule has 0 unspecified atom stereocenters. The first kappa shape index (κ1) is 27.9. The molecule has 4 rings (SSSR count). The molecule has 0 saturated carbocycles. The van der Waals surface area contributed by atoms with Crippen LogP contribution >= 0.6 is 0 Å². The lowest BCUT2D eigenvalue weighted by molar-refractivity contribution is -0.139. The molecule has 39 heavy (non-hydrogen) atoms. The molecular weight excluding hydrogens is 525 g/mol. The third-order valence-corrected chi connectivity index (χ3v) is 8.28. The number of fused-ring (bicyclic) bond motifs is 1. The van der Waals surface area contributed by atoms with Crippen molar-refractivity contribution in [2.24, 2.45) is 0 Å².